The highest BCUT2D eigenvalue weighted by atomic mass is 32.1. The van der Waals surface area contributed by atoms with Crippen LogP contribution in [0, 0.1) is 0 Å². The zero-order valence-electron chi connectivity index (χ0n) is 24.6. The lowest BCUT2D eigenvalue weighted by Gasteiger charge is -2.10. The quantitative estimate of drug-likeness (QED) is 0.192. The molecular weight excluding hydrogens is 581 g/mol. The maximum atomic E-state index is 6.60. The van der Waals surface area contributed by atoms with Crippen LogP contribution in [-0.2, 0) is 0 Å². The fourth-order valence-corrected chi connectivity index (χ4v) is 9.04. The summed E-state index contributed by atoms with van der Waals surface area (Å²) in [5.41, 5.74) is 8.80. The lowest BCUT2D eigenvalue weighted by Crippen LogP contribution is -1.96. The van der Waals surface area contributed by atoms with Crippen molar-refractivity contribution in [1.82, 2.24) is 9.13 Å². The van der Waals surface area contributed by atoms with E-state index in [1.807, 2.05) is 17.4 Å². The Balaban J connectivity index is 1.31. The normalized spacial score (nSPS) is 12.3. The minimum absolute atomic E-state index is 0.908. The average molecular weight is 605 g/mol. The predicted octanol–water partition coefficient (Wildman–Crippen LogP) is 12.1. The van der Waals surface area contributed by atoms with Gasteiger partial charge in [0.15, 0.2) is 5.58 Å². The molecule has 4 heteroatoms. The molecular formula is C42H24N2OS. The lowest BCUT2D eigenvalue weighted by atomic mass is 10.1. The summed E-state index contributed by atoms with van der Waals surface area (Å²) in [6.45, 7) is 0. The Kier molecular flexibility index (Phi) is 4.72. The van der Waals surface area contributed by atoms with Crippen molar-refractivity contribution < 1.29 is 4.42 Å². The van der Waals surface area contributed by atoms with Gasteiger partial charge in [-0.3, -0.25) is 0 Å². The van der Waals surface area contributed by atoms with Gasteiger partial charge in [0, 0.05) is 58.2 Å². The molecule has 0 spiro atoms. The van der Waals surface area contributed by atoms with E-state index < -0.39 is 0 Å². The maximum Gasteiger partial charge on any atom is 0.159 e. The summed E-state index contributed by atoms with van der Waals surface area (Å²) in [4.78, 5) is 0. The molecule has 3 nitrogen and oxygen atoms in total. The first-order chi connectivity index (χ1) is 22.8. The molecule has 11 aromatic rings. The number of furan rings is 1. The molecule has 0 saturated carbocycles. The number of nitrogens with zero attached hydrogens (tertiary/aromatic N) is 2. The monoisotopic (exact) mass is 604 g/mol. The van der Waals surface area contributed by atoms with Crippen LogP contribution in [0.25, 0.3) is 97.1 Å². The van der Waals surface area contributed by atoms with Crippen LogP contribution < -0.4 is 0 Å². The van der Waals surface area contributed by atoms with Crippen molar-refractivity contribution >= 4 is 97.1 Å². The number of para-hydroxylation sites is 4. The molecule has 0 N–H and O–H groups in total. The molecule has 0 bridgehead atoms. The second kappa shape index (κ2) is 8.87. The standard InChI is InChI=1S/C42H24N2OS/c1-5-15-33-26(10-1)27-11-2-6-16-34(27)43(33)25-20-22-35-32(24-25)40-36(23-21-31-29-13-4-8-19-39(29)46-42(31)40)44(35)37-17-9-14-30-28-12-3-7-18-38(28)45-41(30)37/h1-24H. The van der Waals surface area contributed by atoms with Crippen molar-refractivity contribution in [2.75, 3.05) is 0 Å². The van der Waals surface area contributed by atoms with Crippen LogP contribution in [0.4, 0.5) is 0 Å². The van der Waals surface area contributed by atoms with Gasteiger partial charge in [0.2, 0.25) is 0 Å². The highest BCUT2D eigenvalue weighted by molar-refractivity contribution is 7.26. The zero-order valence-corrected chi connectivity index (χ0v) is 25.4. The SMILES string of the molecule is c1ccc2c(c1)oc1c(-n3c4ccc(-n5c6ccccc6c6ccccc65)cc4c4c5sc6ccccc6c5ccc43)cccc12. The smallest absolute Gasteiger partial charge is 0.159 e. The van der Waals surface area contributed by atoms with Gasteiger partial charge < -0.3 is 13.6 Å². The highest BCUT2D eigenvalue weighted by Crippen LogP contribution is 2.45. The molecule has 0 aliphatic rings. The van der Waals surface area contributed by atoms with Gasteiger partial charge in [0.25, 0.3) is 0 Å². The molecule has 214 valence electrons. The van der Waals surface area contributed by atoms with E-state index in [-0.39, 0.29) is 0 Å². The lowest BCUT2D eigenvalue weighted by molar-refractivity contribution is 0.666. The van der Waals surface area contributed by atoms with Gasteiger partial charge >= 0.3 is 0 Å². The van der Waals surface area contributed by atoms with E-state index in [0.717, 1.165) is 38.8 Å². The third kappa shape index (κ3) is 3.11. The van der Waals surface area contributed by atoms with Gasteiger partial charge in [-0.1, -0.05) is 91.0 Å². The number of hydrogen-bond acceptors (Lipinski definition) is 2. The van der Waals surface area contributed by atoms with Crippen molar-refractivity contribution in [3.63, 3.8) is 0 Å². The summed E-state index contributed by atoms with van der Waals surface area (Å²) < 4.78 is 14.1. The molecule has 4 aromatic heterocycles. The minimum Gasteiger partial charge on any atom is -0.454 e. The average Bonchev–Trinajstić information content (AvgIpc) is 3.85. The van der Waals surface area contributed by atoms with Crippen molar-refractivity contribution in [1.29, 1.82) is 0 Å². The van der Waals surface area contributed by atoms with E-state index >= 15 is 0 Å². The van der Waals surface area contributed by atoms with E-state index in [0.29, 0.717) is 0 Å². The van der Waals surface area contributed by atoms with Crippen molar-refractivity contribution in [3.8, 4) is 11.4 Å². The Hall–Kier alpha value is -5.84. The van der Waals surface area contributed by atoms with Crippen LogP contribution in [0.15, 0.2) is 150 Å². The number of thiophene rings is 1. The predicted molar refractivity (Wildman–Crippen MR) is 195 cm³/mol. The molecule has 46 heavy (non-hydrogen) atoms. The van der Waals surface area contributed by atoms with Crippen LogP contribution in [0.1, 0.15) is 0 Å². The summed E-state index contributed by atoms with van der Waals surface area (Å²) in [6.07, 6.45) is 0. The Morgan fingerprint density at radius 2 is 1.09 bits per heavy atom. The number of aromatic nitrogens is 2. The highest BCUT2D eigenvalue weighted by Gasteiger charge is 2.22. The Bertz CT molecular complexity index is 2990. The molecule has 0 amide bonds. The molecule has 0 saturated heterocycles. The van der Waals surface area contributed by atoms with E-state index in [9.17, 15) is 0 Å². The van der Waals surface area contributed by atoms with Gasteiger partial charge in [-0.15, -0.1) is 11.3 Å². The third-order valence-electron chi connectivity index (χ3n) is 9.72. The van der Waals surface area contributed by atoms with Gasteiger partial charge in [-0.25, -0.2) is 0 Å². The van der Waals surface area contributed by atoms with E-state index in [2.05, 4.69) is 149 Å². The molecule has 0 radical (unpaired) electrons. The minimum atomic E-state index is 0.908. The zero-order chi connectivity index (χ0) is 29.9. The van der Waals surface area contributed by atoms with Crippen molar-refractivity contribution in [3.05, 3.63) is 146 Å². The summed E-state index contributed by atoms with van der Waals surface area (Å²) in [7, 11) is 0. The first-order valence-electron chi connectivity index (χ1n) is 15.6. The van der Waals surface area contributed by atoms with E-state index in [1.165, 1.54) is 58.3 Å². The number of fused-ring (bicyclic) bond motifs is 13. The fourth-order valence-electron chi connectivity index (χ4n) is 7.78. The molecule has 0 aliphatic heterocycles. The summed E-state index contributed by atoms with van der Waals surface area (Å²) in [6, 6.07) is 52.7. The van der Waals surface area contributed by atoms with Crippen molar-refractivity contribution in [2.45, 2.75) is 0 Å². The van der Waals surface area contributed by atoms with Gasteiger partial charge in [0.1, 0.15) is 5.58 Å². The first kappa shape index (κ1) is 24.5. The number of hydrogen-bond donors (Lipinski definition) is 0. The largest absolute Gasteiger partial charge is 0.454 e. The van der Waals surface area contributed by atoms with Crippen LogP contribution in [-0.4, -0.2) is 9.13 Å². The summed E-state index contributed by atoms with van der Waals surface area (Å²) >= 11 is 1.89. The Labute approximate surface area is 266 Å². The Morgan fingerprint density at radius 3 is 1.91 bits per heavy atom. The fraction of sp³-hybridized carbons (Fsp3) is 0. The molecule has 4 heterocycles. The summed E-state index contributed by atoms with van der Waals surface area (Å²) in [5, 5.41) is 9.94. The number of rotatable bonds is 2. The van der Waals surface area contributed by atoms with E-state index in [1.54, 1.807) is 0 Å². The third-order valence-corrected chi connectivity index (χ3v) is 10.9. The molecule has 7 aromatic carbocycles. The molecule has 0 atom stereocenters. The molecule has 0 aliphatic carbocycles. The van der Waals surface area contributed by atoms with E-state index in [4.69, 9.17) is 4.42 Å². The second-order valence-electron chi connectivity index (χ2n) is 12.1. The van der Waals surface area contributed by atoms with Gasteiger partial charge in [-0.2, -0.15) is 0 Å². The summed E-state index contributed by atoms with van der Waals surface area (Å²) in [5.74, 6) is 0. The Morgan fingerprint density at radius 1 is 0.435 bits per heavy atom. The van der Waals surface area contributed by atoms with Crippen LogP contribution >= 0.6 is 11.3 Å². The molecule has 11 rings (SSSR count). The second-order valence-corrected chi connectivity index (χ2v) is 13.1. The first-order valence-corrected chi connectivity index (χ1v) is 16.4. The van der Waals surface area contributed by atoms with Crippen LogP contribution in [0.3, 0.4) is 0 Å². The van der Waals surface area contributed by atoms with Crippen molar-refractivity contribution in [2.24, 2.45) is 0 Å². The van der Waals surface area contributed by atoms with Crippen LogP contribution in [0.2, 0.25) is 0 Å². The van der Waals surface area contributed by atoms with Gasteiger partial charge in [0.05, 0.1) is 27.8 Å². The number of benzene rings is 7. The topological polar surface area (TPSA) is 23.0 Å². The van der Waals surface area contributed by atoms with Gasteiger partial charge in [-0.05, 0) is 54.6 Å². The molecule has 0 fully saturated rings. The molecule has 0 unspecified atom stereocenters. The van der Waals surface area contributed by atoms with Crippen LogP contribution in [0.5, 0.6) is 0 Å². The maximum absolute atomic E-state index is 6.60.